The van der Waals surface area contributed by atoms with Crippen molar-refractivity contribution < 1.29 is 14.7 Å². The molecule has 1 atom stereocenters. The molecule has 1 aliphatic heterocycles. The lowest BCUT2D eigenvalue weighted by atomic mass is 10.0. The van der Waals surface area contributed by atoms with Gasteiger partial charge >= 0.3 is 5.97 Å². The predicted molar refractivity (Wildman–Crippen MR) is 102 cm³/mol. The van der Waals surface area contributed by atoms with Crippen LogP contribution in [0.3, 0.4) is 0 Å². The van der Waals surface area contributed by atoms with Crippen LogP contribution in [0.1, 0.15) is 24.1 Å². The fourth-order valence-corrected chi connectivity index (χ4v) is 3.07. The maximum absolute atomic E-state index is 12.6. The van der Waals surface area contributed by atoms with Crippen molar-refractivity contribution in [2.75, 3.05) is 18.4 Å². The normalized spacial score (nSPS) is 17.0. The lowest BCUT2D eigenvalue weighted by molar-refractivity contribution is -0.132. The van der Waals surface area contributed by atoms with Crippen LogP contribution in [-0.2, 0) is 16.0 Å². The third kappa shape index (κ3) is 5.64. The summed E-state index contributed by atoms with van der Waals surface area (Å²) in [4.78, 5) is 33.4. The molecular formula is C20H22N4O3. The Hall–Kier alpha value is -3.22. The first-order valence-corrected chi connectivity index (χ1v) is 8.91. The van der Waals surface area contributed by atoms with Gasteiger partial charge in [0.15, 0.2) is 0 Å². The molecule has 0 aliphatic carbocycles. The summed E-state index contributed by atoms with van der Waals surface area (Å²) in [6, 6.07) is 9.88. The number of hydrogen-bond acceptors (Lipinski definition) is 5. The highest BCUT2D eigenvalue weighted by atomic mass is 16.4. The molecule has 2 heterocycles. The van der Waals surface area contributed by atoms with E-state index in [9.17, 15) is 9.59 Å². The number of carboxylic acids is 1. The first-order valence-electron chi connectivity index (χ1n) is 8.91. The van der Waals surface area contributed by atoms with E-state index in [1.165, 1.54) is 12.3 Å². The first-order chi connectivity index (χ1) is 13.1. The molecule has 0 spiro atoms. The smallest absolute Gasteiger partial charge is 0.328 e. The van der Waals surface area contributed by atoms with E-state index in [4.69, 9.17) is 5.11 Å². The van der Waals surface area contributed by atoms with E-state index in [1.807, 2.05) is 35.2 Å². The number of nitrogens with zero attached hydrogens (tertiary/aromatic N) is 3. The van der Waals surface area contributed by atoms with E-state index >= 15 is 0 Å². The van der Waals surface area contributed by atoms with Crippen LogP contribution in [0, 0.1) is 0 Å². The SMILES string of the molecule is O=C(O)/C=C/c1cnc(N[C@@H]2CCCN(C(=O)Cc3ccccc3)C2)cn1. The Morgan fingerprint density at radius 2 is 2.04 bits per heavy atom. The van der Waals surface area contributed by atoms with Gasteiger partial charge in [-0.25, -0.2) is 9.78 Å². The van der Waals surface area contributed by atoms with Crippen LogP contribution in [0.25, 0.3) is 6.08 Å². The topological polar surface area (TPSA) is 95.4 Å². The molecule has 7 nitrogen and oxygen atoms in total. The fraction of sp³-hybridized carbons (Fsp3) is 0.300. The van der Waals surface area contributed by atoms with Crippen LogP contribution in [0.5, 0.6) is 0 Å². The molecule has 1 fully saturated rings. The Morgan fingerprint density at radius 3 is 2.74 bits per heavy atom. The molecule has 7 heteroatoms. The molecule has 1 aromatic carbocycles. The Labute approximate surface area is 157 Å². The van der Waals surface area contributed by atoms with Gasteiger partial charge < -0.3 is 15.3 Å². The second-order valence-corrected chi connectivity index (χ2v) is 6.48. The molecule has 0 saturated carbocycles. The van der Waals surface area contributed by atoms with E-state index in [0.29, 0.717) is 24.5 Å². The number of benzene rings is 1. The van der Waals surface area contributed by atoms with Gasteiger partial charge in [0.25, 0.3) is 0 Å². The molecule has 1 aromatic heterocycles. The number of aromatic nitrogens is 2. The van der Waals surface area contributed by atoms with Crippen LogP contribution in [-0.4, -0.2) is 51.0 Å². The van der Waals surface area contributed by atoms with Crippen LogP contribution in [0.4, 0.5) is 5.82 Å². The van der Waals surface area contributed by atoms with Gasteiger partial charge in [-0.2, -0.15) is 0 Å². The first kappa shape index (κ1) is 18.6. The monoisotopic (exact) mass is 366 g/mol. The van der Waals surface area contributed by atoms with Gasteiger partial charge in [0.2, 0.25) is 5.91 Å². The minimum atomic E-state index is -1.03. The zero-order valence-electron chi connectivity index (χ0n) is 14.9. The lowest BCUT2D eigenvalue weighted by Gasteiger charge is -2.33. The molecule has 140 valence electrons. The number of aliphatic carboxylic acids is 1. The number of likely N-dealkylation sites (tertiary alicyclic amines) is 1. The minimum absolute atomic E-state index is 0.119. The summed E-state index contributed by atoms with van der Waals surface area (Å²) in [5.41, 5.74) is 1.50. The largest absolute Gasteiger partial charge is 0.478 e. The molecule has 0 radical (unpaired) electrons. The van der Waals surface area contributed by atoms with Crippen molar-refractivity contribution in [3.8, 4) is 0 Å². The average molecular weight is 366 g/mol. The summed E-state index contributed by atoms with van der Waals surface area (Å²) in [7, 11) is 0. The number of hydrogen-bond donors (Lipinski definition) is 2. The molecule has 27 heavy (non-hydrogen) atoms. The quantitative estimate of drug-likeness (QED) is 0.761. The Morgan fingerprint density at radius 1 is 1.22 bits per heavy atom. The van der Waals surface area contributed by atoms with Crippen LogP contribution < -0.4 is 5.32 Å². The van der Waals surface area contributed by atoms with Gasteiger partial charge in [0, 0.05) is 25.2 Å². The van der Waals surface area contributed by atoms with E-state index in [-0.39, 0.29) is 11.9 Å². The van der Waals surface area contributed by atoms with Gasteiger partial charge in [0.1, 0.15) is 5.82 Å². The van der Waals surface area contributed by atoms with Crippen molar-refractivity contribution >= 4 is 23.8 Å². The van der Waals surface area contributed by atoms with Gasteiger partial charge in [-0.05, 0) is 24.5 Å². The number of piperidine rings is 1. The number of carboxylic acid groups (broad SMARTS) is 1. The maximum atomic E-state index is 12.6. The van der Waals surface area contributed by atoms with E-state index in [1.54, 1.807) is 6.20 Å². The van der Waals surface area contributed by atoms with E-state index in [2.05, 4.69) is 15.3 Å². The molecular weight excluding hydrogens is 344 g/mol. The van der Waals surface area contributed by atoms with Crippen LogP contribution >= 0.6 is 0 Å². The molecule has 1 saturated heterocycles. The number of carbonyl (C=O) groups is 2. The zero-order chi connectivity index (χ0) is 19.1. The standard InChI is InChI=1S/C20H22N4O3/c25-19(11-15-5-2-1-3-6-15)24-10-4-7-17(14-24)23-18-13-21-16(12-22-18)8-9-20(26)27/h1-3,5-6,8-9,12-13,17H,4,7,10-11,14H2,(H,22,23)(H,26,27)/b9-8+/t17-/m1/s1. The Bertz CT molecular complexity index is 806. The van der Waals surface area contributed by atoms with E-state index < -0.39 is 5.97 Å². The zero-order valence-corrected chi connectivity index (χ0v) is 14.9. The summed E-state index contributed by atoms with van der Waals surface area (Å²) in [6.07, 6.45) is 7.81. The second kappa shape index (κ2) is 8.93. The fourth-order valence-electron chi connectivity index (χ4n) is 3.07. The maximum Gasteiger partial charge on any atom is 0.328 e. The van der Waals surface area contributed by atoms with Gasteiger partial charge in [0.05, 0.1) is 24.5 Å². The molecule has 0 bridgehead atoms. The van der Waals surface area contributed by atoms with Crippen LogP contribution in [0.2, 0.25) is 0 Å². The summed E-state index contributed by atoms with van der Waals surface area (Å²) in [6.45, 7) is 1.41. The molecule has 3 rings (SSSR count). The second-order valence-electron chi connectivity index (χ2n) is 6.48. The summed E-state index contributed by atoms with van der Waals surface area (Å²) in [5.74, 6) is -0.278. The molecule has 1 aliphatic rings. The third-order valence-corrected chi connectivity index (χ3v) is 4.39. The number of carbonyl (C=O) groups excluding carboxylic acids is 1. The molecule has 0 unspecified atom stereocenters. The minimum Gasteiger partial charge on any atom is -0.478 e. The van der Waals surface area contributed by atoms with Crippen molar-refractivity contribution in [2.24, 2.45) is 0 Å². The van der Waals surface area contributed by atoms with Crippen molar-refractivity contribution in [3.05, 3.63) is 60.1 Å². The number of rotatable bonds is 6. The number of nitrogens with one attached hydrogen (secondary N) is 1. The van der Waals surface area contributed by atoms with Gasteiger partial charge in [-0.3, -0.25) is 9.78 Å². The lowest BCUT2D eigenvalue weighted by Crippen LogP contribution is -2.45. The highest BCUT2D eigenvalue weighted by Gasteiger charge is 2.23. The van der Waals surface area contributed by atoms with Crippen molar-refractivity contribution in [1.82, 2.24) is 14.9 Å². The Kier molecular flexibility index (Phi) is 6.14. The van der Waals surface area contributed by atoms with Crippen molar-refractivity contribution in [2.45, 2.75) is 25.3 Å². The predicted octanol–water partition coefficient (Wildman–Crippen LogP) is 2.22. The van der Waals surface area contributed by atoms with Crippen molar-refractivity contribution in [1.29, 1.82) is 0 Å². The average Bonchev–Trinajstić information content (AvgIpc) is 2.68. The van der Waals surface area contributed by atoms with Gasteiger partial charge in [-0.15, -0.1) is 0 Å². The molecule has 1 amide bonds. The highest BCUT2D eigenvalue weighted by molar-refractivity contribution is 5.84. The Balaban J connectivity index is 1.55. The summed E-state index contributed by atoms with van der Waals surface area (Å²) in [5, 5.41) is 11.9. The number of amides is 1. The summed E-state index contributed by atoms with van der Waals surface area (Å²) >= 11 is 0. The van der Waals surface area contributed by atoms with Crippen molar-refractivity contribution in [3.63, 3.8) is 0 Å². The third-order valence-electron chi connectivity index (χ3n) is 4.39. The number of anilines is 1. The summed E-state index contributed by atoms with van der Waals surface area (Å²) < 4.78 is 0. The van der Waals surface area contributed by atoms with Crippen LogP contribution in [0.15, 0.2) is 48.8 Å². The van der Waals surface area contributed by atoms with Gasteiger partial charge in [-0.1, -0.05) is 30.3 Å². The molecule has 2 N–H and O–H groups in total. The highest BCUT2D eigenvalue weighted by Crippen LogP contribution is 2.16. The molecule has 2 aromatic rings. The van der Waals surface area contributed by atoms with E-state index in [0.717, 1.165) is 31.0 Å².